The van der Waals surface area contributed by atoms with E-state index in [4.69, 9.17) is 5.11 Å². The number of hydrogen-bond donors (Lipinski definition) is 1. The smallest absolute Gasteiger partial charge is 0.342 e. The molecule has 1 N–H and O–H groups in total. The van der Waals surface area contributed by atoms with Crippen molar-refractivity contribution in [1.29, 1.82) is 0 Å². The first-order valence-electron chi connectivity index (χ1n) is 6.12. The van der Waals surface area contributed by atoms with Gasteiger partial charge in [0.05, 0.1) is 4.92 Å². The number of carboxylic acids is 1. The molecule has 0 amide bonds. The molecule has 0 aliphatic heterocycles. The van der Waals surface area contributed by atoms with E-state index in [9.17, 15) is 14.9 Å². The van der Waals surface area contributed by atoms with Gasteiger partial charge in [0.2, 0.25) is 0 Å². The zero-order chi connectivity index (χ0) is 15.3. The molecule has 0 fully saturated rings. The summed E-state index contributed by atoms with van der Waals surface area (Å²) in [5.74, 6) is -0.290. The summed E-state index contributed by atoms with van der Waals surface area (Å²) in [7, 11) is 1.85. The molecule has 1 rings (SSSR count). The quantitative estimate of drug-likeness (QED) is 0.615. The lowest BCUT2D eigenvalue weighted by Crippen LogP contribution is -2.29. The third-order valence-electron chi connectivity index (χ3n) is 3.22. The third kappa shape index (κ3) is 3.86. The zero-order valence-corrected chi connectivity index (χ0v) is 12.5. The Bertz CT molecular complexity index is 507. The fraction of sp³-hybridized carbons (Fsp3) is 0.462. The Labute approximate surface area is 121 Å². The molecule has 0 radical (unpaired) electrons. The van der Waals surface area contributed by atoms with Crippen LogP contribution in [-0.2, 0) is 0 Å². The van der Waals surface area contributed by atoms with Gasteiger partial charge in [-0.2, -0.15) is 11.8 Å². The molecule has 110 valence electrons. The van der Waals surface area contributed by atoms with E-state index in [1.165, 1.54) is 12.1 Å². The fourth-order valence-corrected chi connectivity index (χ4v) is 2.38. The Morgan fingerprint density at radius 2 is 2.20 bits per heavy atom. The minimum absolute atomic E-state index is 0.220. The number of nitro groups is 1. The van der Waals surface area contributed by atoms with Crippen LogP contribution in [0.4, 0.5) is 11.4 Å². The molecule has 0 spiro atoms. The monoisotopic (exact) mass is 298 g/mol. The van der Waals surface area contributed by atoms with Crippen LogP contribution in [0.25, 0.3) is 0 Å². The molecular formula is C13H18N2O4S. The van der Waals surface area contributed by atoms with Crippen molar-refractivity contribution in [3.8, 4) is 0 Å². The van der Waals surface area contributed by atoms with Gasteiger partial charge in [-0.05, 0) is 37.5 Å². The molecule has 0 aliphatic rings. The van der Waals surface area contributed by atoms with E-state index in [2.05, 4.69) is 0 Å². The number of benzene rings is 1. The van der Waals surface area contributed by atoms with Crippen molar-refractivity contribution in [2.75, 3.05) is 24.0 Å². The first kappa shape index (κ1) is 16.3. The third-order valence-corrected chi connectivity index (χ3v) is 3.86. The van der Waals surface area contributed by atoms with Gasteiger partial charge in [-0.3, -0.25) is 10.1 Å². The molecule has 0 saturated carbocycles. The van der Waals surface area contributed by atoms with E-state index in [1.54, 1.807) is 17.8 Å². The Balaban J connectivity index is 3.05. The lowest BCUT2D eigenvalue weighted by Gasteiger charge is -2.26. The number of hydrogen-bond acceptors (Lipinski definition) is 5. The van der Waals surface area contributed by atoms with Crippen LogP contribution in [-0.4, -0.2) is 41.1 Å². The molecule has 1 aromatic rings. The van der Waals surface area contributed by atoms with Gasteiger partial charge in [-0.15, -0.1) is 0 Å². The summed E-state index contributed by atoms with van der Waals surface area (Å²) in [5, 5.41) is 19.9. The van der Waals surface area contributed by atoms with Crippen LogP contribution in [0, 0.1) is 10.1 Å². The van der Waals surface area contributed by atoms with E-state index in [0.717, 1.165) is 12.2 Å². The van der Waals surface area contributed by atoms with Gasteiger partial charge < -0.3 is 10.0 Å². The minimum Gasteiger partial charge on any atom is -0.477 e. The van der Waals surface area contributed by atoms with E-state index in [-0.39, 0.29) is 17.3 Å². The predicted octanol–water partition coefficient (Wildman–Crippen LogP) is 2.87. The summed E-state index contributed by atoms with van der Waals surface area (Å²) in [6, 6.07) is 4.43. The lowest BCUT2D eigenvalue weighted by molar-refractivity contribution is -0.385. The molecule has 20 heavy (non-hydrogen) atoms. The lowest BCUT2D eigenvalue weighted by atomic mass is 10.1. The summed E-state index contributed by atoms with van der Waals surface area (Å²) in [4.78, 5) is 23.2. The van der Waals surface area contributed by atoms with Crippen LogP contribution >= 0.6 is 11.8 Å². The van der Waals surface area contributed by atoms with Crippen LogP contribution in [0.2, 0.25) is 0 Å². The highest BCUT2D eigenvalue weighted by Gasteiger charge is 2.22. The first-order valence-corrected chi connectivity index (χ1v) is 7.51. The van der Waals surface area contributed by atoms with Crippen LogP contribution < -0.4 is 4.90 Å². The Morgan fingerprint density at radius 3 is 2.70 bits per heavy atom. The maximum absolute atomic E-state index is 11.0. The summed E-state index contributed by atoms with van der Waals surface area (Å²) in [6.45, 7) is 2.03. The topological polar surface area (TPSA) is 83.7 Å². The second-order valence-electron chi connectivity index (χ2n) is 4.51. The number of rotatable bonds is 7. The average molecular weight is 298 g/mol. The highest BCUT2D eigenvalue weighted by Crippen LogP contribution is 2.26. The summed E-state index contributed by atoms with van der Waals surface area (Å²) >= 11 is 1.74. The van der Waals surface area contributed by atoms with Gasteiger partial charge in [0.15, 0.2) is 0 Å². The molecule has 0 aromatic heterocycles. The number of nitrogens with zero attached hydrogens (tertiary/aromatic N) is 2. The van der Waals surface area contributed by atoms with Crippen molar-refractivity contribution in [3.63, 3.8) is 0 Å². The highest BCUT2D eigenvalue weighted by atomic mass is 32.2. The Kier molecular flexibility index (Phi) is 5.82. The van der Waals surface area contributed by atoms with Crippen molar-refractivity contribution >= 4 is 29.1 Å². The SMILES string of the molecule is CSCCC(C)N(C)c1ccc(C(=O)O)c([N+](=O)[O-])c1. The van der Waals surface area contributed by atoms with E-state index >= 15 is 0 Å². The number of thioether (sulfide) groups is 1. The molecule has 0 aliphatic carbocycles. The predicted molar refractivity (Wildman–Crippen MR) is 80.9 cm³/mol. The molecule has 0 bridgehead atoms. The normalized spacial score (nSPS) is 11.9. The van der Waals surface area contributed by atoms with Crippen LogP contribution in [0.15, 0.2) is 18.2 Å². The number of carbonyl (C=O) groups is 1. The van der Waals surface area contributed by atoms with E-state index < -0.39 is 10.9 Å². The average Bonchev–Trinajstić information content (AvgIpc) is 2.42. The van der Waals surface area contributed by atoms with Gasteiger partial charge in [-0.25, -0.2) is 4.79 Å². The van der Waals surface area contributed by atoms with Crippen molar-refractivity contribution in [3.05, 3.63) is 33.9 Å². The van der Waals surface area contributed by atoms with Crippen LogP contribution in [0.1, 0.15) is 23.7 Å². The first-order chi connectivity index (χ1) is 9.38. The fourth-order valence-electron chi connectivity index (χ4n) is 1.81. The molecular weight excluding hydrogens is 280 g/mol. The number of carboxylic acid groups (broad SMARTS) is 1. The van der Waals surface area contributed by atoms with Crippen molar-refractivity contribution in [1.82, 2.24) is 0 Å². The zero-order valence-electron chi connectivity index (χ0n) is 11.7. The molecule has 1 atom stereocenters. The Hall–Kier alpha value is -1.76. The van der Waals surface area contributed by atoms with E-state index in [1.807, 2.05) is 25.1 Å². The molecule has 6 nitrogen and oxygen atoms in total. The van der Waals surface area contributed by atoms with Crippen LogP contribution in [0.3, 0.4) is 0 Å². The highest BCUT2D eigenvalue weighted by molar-refractivity contribution is 7.98. The second kappa shape index (κ2) is 7.14. The summed E-state index contributed by atoms with van der Waals surface area (Å²) < 4.78 is 0. The van der Waals surface area contributed by atoms with Gasteiger partial charge in [0.25, 0.3) is 5.69 Å². The van der Waals surface area contributed by atoms with E-state index in [0.29, 0.717) is 5.69 Å². The van der Waals surface area contributed by atoms with Gasteiger partial charge >= 0.3 is 5.97 Å². The molecule has 0 heterocycles. The van der Waals surface area contributed by atoms with Gasteiger partial charge in [-0.1, -0.05) is 0 Å². The standard InChI is InChI=1S/C13H18N2O4S/c1-9(6-7-20-3)14(2)10-4-5-11(13(16)17)12(8-10)15(18)19/h4-5,8-9H,6-7H2,1-3H3,(H,16,17). The largest absolute Gasteiger partial charge is 0.477 e. The summed E-state index contributed by atoms with van der Waals surface area (Å²) in [5.41, 5.74) is -0.0156. The molecule has 1 unspecified atom stereocenters. The van der Waals surface area contributed by atoms with Crippen molar-refractivity contribution in [2.24, 2.45) is 0 Å². The number of nitro benzene ring substituents is 1. The molecule has 0 saturated heterocycles. The number of anilines is 1. The summed E-state index contributed by atoms with van der Waals surface area (Å²) in [6.07, 6.45) is 2.98. The van der Waals surface area contributed by atoms with Gasteiger partial charge in [0, 0.05) is 24.8 Å². The maximum Gasteiger partial charge on any atom is 0.342 e. The maximum atomic E-state index is 11.0. The molecule has 7 heteroatoms. The van der Waals surface area contributed by atoms with Crippen molar-refractivity contribution < 1.29 is 14.8 Å². The minimum atomic E-state index is -1.29. The Morgan fingerprint density at radius 1 is 1.55 bits per heavy atom. The number of aromatic carboxylic acids is 1. The van der Waals surface area contributed by atoms with Gasteiger partial charge in [0.1, 0.15) is 5.56 Å². The molecule has 1 aromatic carbocycles. The second-order valence-corrected chi connectivity index (χ2v) is 5.49. The van der Waals surface area contributed by atoms with Crippen molar-refractivity contribution in [2.45, 2.75) is 19.4 Å². The van der Waals surface area contributed by atoms with Crippen LogP contribution in [0.5, 0.6) is 0 Å².